The smallest absolute Gasteiger partial charge is 0.123 e. The van der Waals surface area contributed by atoms with Gasteiger partial charge in [0, 0.05) is 6.42 Å². The Hall–Kier alpha value is -0.630. The number of carbonyl (C=O) groups excluding carboxylic acids is 1. The van der Waals surface area contributed by atoms with Gasteiger partial charge in [-0.1, -0.05) is 25.5 Å². The van der Waals surface area contributed by atoms with Crippen LogP contribution in [0.3, 0.4) is 0 Å². The van der Waals surface area contributed by atoms with E-state index in [9.17, 15) is 9.90 Å². The molecule has 11 heavy (non-hydrogen) atoms. The first-order valence-electron chi connectivity index (χ1n) is 3.96. The second kappa shape index (κ2) is 5.08. The first-order valence-corrected chi connectivity index (χ1v) is 3.96. The Kier molecular flexibility index (Phi) is 4.79. The third-order valence-corrected chi connectivity index (χ3v) is 1.47. The van der Waals surface area contributed by atoms with Crippen molar-refractivity contribution < 1.29 is 9.90 Å². The fourth-order valence-corrected chi connectivity index (χ4v) is 0.967. The van der Waals surface area contributed by atoms with Gasteiger partial charge in [0.05, 0.1) is 5.60 Å². The van der Waals surface area contributed by atoms with E-state index < -0.39 is 5.60 Å². The molecule has 0 heterocycles. The van der Waals surface area contributed by atoms with Crippen molar-refractivity contribution in [3.63, 3.8) is 0 Å². The molecule has 0 saturated heterocycles. The number of hydrogen-bond donors (Lipinski definition) is 1. The summed E-state index contributed by atoms with van der Waals surface area (Å²) >= 11 is 0. The maximum absolute atomic E-state index is 9.92. The van der Waals surface area contributed by atoms with Crippen LogP contribution in [0.15, 0.2) is 12.2 Å². The first kappa shape index (κ1) is 10.4. The van der Waals surface area contributed by atoms with E-state index in [1.165, 1.54) is 0 Å². The Bertz CT molecular complexity index is 136. The minimum absolute atomic E-state index is 0.389. The molecule has 0 aliphatic carbocycles. The summed E-state index contributed by atoms with van der Waals surface area (Å²) in [6.07, 6.45) is 6.27. The Morgan fingerprint density at radius 1 is 1.55 bits per heavy atom. The zero-order valence-corrected chi connectivity index (χ0v) is 7.21. The molecule has 1 atom stereocenters. The van der Waals surface area contributed by atoms with E-state index in [-0.39, 0.29) is 0 Å². The predicted molar refractivity (Wildman–Crippen MR) is 45.4 cm³/mol. The van der Waals surface area contributed by atoms with Gasteiger partial charge in [0.1, 0.15) is 6.29 Å². The van der Waals surface area contributed by atoms with E-state index in [1.54, 1.807) is 19.1 Å². The van der Waals surface area contributed by atoms with Crippen molar-refractivity contribution in [2.24, 2.45) is 0 Å². The van der Waals surface area contributed by atoms with Gasteiger partial charge in [-0.15, -0.1) is 0 Å². The molecule has 0 radical (unpaired) electrons. The molecule has 64 valence electrons. The van der Waals surface area contributed by atoms with Crippen molar-refractivity contribution in [3.8, 4) is 0 Å². The van der Waals surface area contributed by atoms with Crippen molar-refractivity contribution in [1.82, 2.24) is 0 Å². The number of hydrogen-bond acceptors (Lipinski definition) is 2. The molecular formula is C9H16O2. The van der Waals surface area contributed by atoms with Crippen LogP contribution in [0.2, 0.25) is 0 Å². The number of aliphatic hydroxyl groups is 1. The fraction of sp³-hybridized carbons (Fsp3) is 0.667. The first-order chi connectivity index (χ1) is 5.12. The van der Waals surface area contributed by atoms with Gasteiger partial charge < -0.3 is 9.90 Å². The molecule has 1 N–H and O–H groups in total. The molecule has 2 heteroatoms. The summed E-state index contributed by atoms with van der Waals surface area (Å²) < 4.78 is 0. The Morgan fingerprint density at radius 3 is 2.64 bits per heavy atom. The van der Waals surface area contributed by atoms with Crippen molar-refractivity contribution in [3.05, 3.63) is 12.2 Å². The number of aldehydes is 1. The minimum Gasteiger partial charge on any atom is -0.386 e. The molecule has 1 unspecified atom stereocenters. The number of carbonyl (C=O) groups is 1. The zero-order valence-electron chi connectivity index (χ0n) is 7.21. The lowest BCUT2D eigenvalue weighted by atomic mass is 10.00. The molecule has 0 rings (SSSR count). The van der Waals surface area contributed by atoms with Crippen LogP contribution in [0.4, 0.5) is 0 Å². The van der Waals surface area contributed by atoms with Gasteiger partial charge in [0.15, 0.2) is 0 Å². The molecule has 0 spiro atoms. The van der Waals surface area contributed by atoms with Crippen LogP contribution in [0.5, 0.6) is 0 Å². The van der Waals surface area contributed by atoms with E-state index in [0.717, 1.165) is 19.1 Å². The lowest BCUT2D eigenvalue weighted by Crippen LogP contribution is -2.19. The molecule has 0 bridgehead atoms. The second-order valence-corrected chi connectivity index (χ2v) is 2.91. The molecular weight excluding hydrogens is 140 g/mol. The van der Waals surface area contributed by atoms with Gasteiger partial charge in [-0.05, 0) is 13.3 Å². The van der Waals surface area contributed by atoms with Crippen molar-refractivity contribution in [1.29, 1.82) is 0 Å². The molecule has 0 aromatic heterocycles. The van der Waals surface area contributed by atoms with Gasteiger partial charge in [-0.2, -0.15) is 0 Å². The lowest BCUT2D eigenvalue weighted by Gasteiger charge is -2.16. The Morgan fingerprint density at radius 2 is 2.18 bits per heavy atom. The highest BCUT2D eigenvalue weighted by molar-refractivity contribution is 5.51. The van der Waals surface area contributed by atoms with Gasteiger partial charge in [-0.3, -0.25) is 0 Å². The van der Waals surface area contributed by atoms with E-state index in [4.69, 9.17) is 0 Å². The van der Waals surface area contributed by atoms with Crippen molar-refractivity contribution in [2.75, 3.05) is 0 Å². The lowest BCUT2D eigenvalue weighted by molar-refractivity contribution is -0.107. The molecule has 0 fully saturated rings. The molecule has 0 amide bonds. The molecule has 0 aliphatic rings. The van der Waals surface area contributed by atoms with Gasteiger partial charge in [0.2, 0.25) is 0 Å². The summed E-state index contributed by atoms with van der Waals surface area (Å²) in [6.45, 7) is 3.76. The highest BCUT2D eigenvalue weighted by Crippen LogP contribution is 2.12. The third-order valence-electron chi connectivity index (χ3n) is 1.47. The Labute approximate surface area is 67.9 Å². The average Bonchev–Trinajstić information content (AvgIpc) is 1.87. The summed E-state index contributed by atoms with van der Waals surface area (Å²) in [6, 6.07) is 0. The van der Waals surface area contributed by atoms with Crippen LogP contribution in [0, 0.1) is 0 Å². The van der Waals surface area contributed by atoms with E-state index in [1.807, 2.05) is 6.92 Å². The predicted octanol–water partition coefficient (Wildman–Crippen LogP) is 1.68. The van der Waals surface area contributed by atoms with Crippen LogP contribution in [0.1, 0.15) is 33.1 Å². The van der Waals surface area contributed by atoms with Crippen LogP contribution in [-0.4, -0.2) is 17.0 Å². The van der Waals surface area contributed by atoms with E-state index in [0.29, 0.717) is 6.42 Å². The zero-order chi connectivity index (χ0) is 8.74. The fourth-order valence-electron chi connectivity index (χ4n) is 0.967. The summed E-state index contributed by atoms with van der Waals surface area (Å²) in [5.74, 6) is 0. The highest BCUT2D eigenvalue weighted by atomic mass is 16.3. The molecule has 2 nitrogen and oxygen atoms in total. The van der Waals surface area contributed by atoms with Gasteiger partial charge in [-0.25, -0.2) is 0 Å². The van der Waals surface area contributed by atoms with Gasteiger partial charge >= 0.3 is 0 Å². The topological polar surface area (TPSA) is 37.3 Å². The highest BCUT2D eigenvalue weighted by Gasteiger charge is 2.13. The average molecular weight is 156 g/mol. The maximum Gasteiger partial charge on any atom is 0.123 e. The standard InChI is InChI=1S/C9H16O2/c1-3-6-9(2,11)7-4-5-8-10/h4,7-8,11H,3,5-6H2,1-2H3/b7-4+. The van der Waals surface area contributed by atoms with Crippen LogP contribution < -0.4 is 0 Å². The summed E-state index contributed by atoms with van der Waals surface area (Å²) in [5.41, 5.74) is -0.738. The third kappa shape index (κ3) is 5.80. The SMILES string of the molecule is CCCC(C)(O)/C=C/CC=O. The van der Waals surface area contributed by atoms with E-state index >= 15 is 0 Å². The summed E-state index contributed by atoms with van der Waals surface area (Å²) in [5, 5.41) is 9.54. The van der Waals surface area contributed by atoms with Crippen LogP contribution in [-0.2, 0) is 4.79 Å². The normalized spacial score (nSPS) is 16.6. The summed E-state index contributed by atoms with van der Waals surface area (Å²) in [7, 11) is 0. The molecule has 0 aliphatic heterocycles. The second-order valence-electron chi connectivity index (χ2n) is 2.91. The monoisotopic (exact) mass is 156 g/mol. The summed E-state index contributed by atoms with van der Waals surface area (Å²) in [4.78, 5) is 9.92. The maximum atomic E-state index is 9.92. The molecule has 0 aromatic carbocycles. The molecule has 0 saturated carbocycles. The minimum atomic E-state index is -0.738. The number of rotatable bonds is 5. The largest absolute Gasteiger partial charge is 0.386 e. The quantitative estimate of drug-likeness (QED) is 0.485. The van der Waals surface area contributed by atoms with Crippen LogP contribution in [0.25, 0.3) is 0 Å². The Balaban J connectivity index is 3.78. The molecule has 0 aromatic rings. The number of allylic oxidation sites excluding steroid dienone is 1. The van der Waals surface area contributed by atoms with Crippen LogP contribution >= 0.6 is 0 Å². The van der Waals surface area contributed by atoms with Crippen molar-refractivity contribution in [2.45, 2.75) is 38.7 Å². The van der Waals surface area contributed by atoms with Crippen molar-refractivity contribution >= 4 is 6.29 Å². The van der Waals surface area contributed by atoms with E-state index in [2.05, 4.69) is 0 Å². The van der Waals surface area contributed by atoms with Gasteiger partial charge in [0.25, 0.3) is 0 Å².